The van der Waals surface area contributed by atoms with Crippen molar-refractivity contribution in [2.24, 2.45) is 46.3 Å². The van der Waals surface area contributed by atoms with E-state index in [9.17, 15) is 14.7 Å². The fourth-order valence-corrected chi connectivity index (χ4v) is 9.41. The normalized spacial score (nSPS) is 53.0. The zero-order valence-electron chi connectivity index (χ0n) is 20.2. The lowest BCUT2D eigenvalue weighted by Crippen LogP contribution is -2.61. The minimum absolute atomic E-state index is 0.113. The predicted octanol–water partition coefficient (Wildman–Crippen LogP) is 4.24. The molecule has 0 aromatic heterocycles. The van der Waals surface area contributed by atoms with Crippen LogP contribution in [-0.2, 0) is 19.1 Å². The summed E-state index contributed by atoms with van der Waals surface area (Å²) in [5, 5.41) is 9.73. The van der Waals surface area contributed by atoms with E-state index in [1.807, 2.05) is 19.1 Å². The summed E-state index contributed by atoms with van der Waals surface area (Å²) in [5.41, 5.74) is 0.612. The summed E-state index contributed by atoms with van der Waals surface area (Å²) in [6.45, 7) is 7.04. The average molecular weight is 455 g/mol. The average Bonchev–Trinajstić information content (AvgIpc) is 3.12. The van der Waals surface area contributed by atoms with Crippen LogP contribution in [0.5, 0.6) is 0 Å². The molecule has 5 nitrogen and oxygen atoms in total. The first kappa shape index (κ1) is 22.0. The molecule has 0 aromatic carbocycles. The number of hydrogen-bond acceptors (Lipinski definition) is 5. The van der Waals surface area contributed by atoms with E-state index in [4.69, 9.17) is 9.47 Å². The van der Waals surface area contributed by atoms with Gasteiger partial charge in [0, 0.05) is 12.3 Å². The zero-order valence-corrected chi connectivity index (χ0v) is 20.2. The number of esters is 1. The summed E-state index contributed by atoms with van der Waals surface area (Å²) in [4.78, 5) is 25.8. The highest BCUT2D eigenvalue weighted by Crippen LogP contribution is 2.67. The van der Waals surface area contributed by atoms with E-state index in [0.29, 0.717) is 42.5 Å². The Kier molecular flexibility index (Phi) is 4.85. The van der Waals surface area contributed by atoms with Gasteiger partial charge in [-0.05, 0) is 87.5 Å². The second kappa shape index (κ2) is 7.27. The Balaban J connectivity index is 1.27. The summed E-state index contributed by atoms with van der Waals surface area (Å²) in [5.74, 6) is 1.71. The molecule has 0 spiro atoms. The van der Waals surface area contributed by atoms with E-state index in [2.05, 4.69) is 19.9 Å². The van der Waals surface area contributed by atoms with Crippen LogP contribution in [0.4, 0.5) is 0 Å². The number of fused-ring (bicyclic) bond motifs is 7. The van der Waals surface area contributed by atoms with Crippen molar-refractivity contribution in [3.05, 3.63) is 23.8 Å². The molecule has 2 aliphatic heterocycles. The van der Waals surface area contributed by atoms with Crippen LogP contribution in [0.15, 0.2) is 23.8 Å². The van der Waals surface area contributed by atoms with Gasteiger partial charge in [0.05, 0.1) is 24.2 Å². The summed E-state index contributed by atoms with van der Waals surface area (Å²) >= 11 is 0. The first-order valence-electron chi connectivity index (χ1n) is 13.1. The van der Waals surface area contributed by atoms with Crippen molar-refractivity contribution in [3.63, 3.8) is 0 Å². The molecule has 0 radical (unpaired) electrons. The minimum Gasteiger partial charge on any atom is -0.461 e. The van der Waals surface area contributed by atoms with Crippen LogP contribution in [0.3, 0.4) is 0 Å². The van der Waals surface area contributed by atoms with Crippen molar-refractivity contribution >= 4 is 11.8 Å². The van der Waals surface area contributed by atoms with Crippen molar-refractivity contribution in [3.8, 4) is 0 Å². The number of carbonyl (C=O) groups is 2. The first-order valence-corrected chi connectivity index (χ1v) is 13.1. The molecule has 1 N–H and O–H groups in total. The van der Waals surface area contributed by atoms with Crippen LogP contribution in [0, 0.1) is 46.3 Å². The Bertz CT molecular complexity index is 937. The number of allylic oxidation sites excluding steroid dienone is 4. The van der Waals surface area contributed by atoms with E-state index in [-0.39, 0.29) is 35.4 Å². The maximum absolute atomic E-state index is 13.1. The number of aliphatic hydroxyl groups excluding tert-OH is 1. The van der Waals surface area contributed by atoms with Gasteiger partial charge in [-0.15, -0.1) is 0 Å². The molecule has 5 heteroatoms. The van der Waals surface area contributed by atoms with Gasteiger partial charge in [0.1, 0.15) is 12.0 Å². The lowest BCUT2D eigenvalue weighted by Gasteiger charge is -2.58. The molecule has 10 atom stereocenters. The molecular weight excluding hydrogens is 416 g/mol. The van der Waals surface area contributed by atoms with Crippen molar-refractivity contribution in [2.75, 3.05) is 13.2 Å². The first-order chi connectivity index (χ1) is 15.7. The SMILES string of the molecule is C[C@]12C(=O)C=CCC1=CC[C@@H]1[C@@H]2CC[C@]2(C)[C@@H]([C@@H]3CO[C@]4(C)C[C@H]3OC(=O)C4CO)CC[C@@H]12. The molecule has 1 unspecified atom stereocenters. The molecule has 2 saturated carbocycles. The Labute approximate surface area is 197 Å². The second-order valence-corrected chi connectivity index (χ2v) is 12.4. The van der Waals surface area contributed by atoms with Crippen LogP contribution < -0.4 is 0 Å². The minimum atomic E-state index is -0.615. The number of rotatable bonds is 2. The smallest absolute Gasteiger partial charge is 0.314 e. The number of carbonyl (C=O) groups excluding carboxylic acids is 2. The topological polar surface area (TPSA) is 72.8 Å². The van der Waals surface area contributed by atoms with Crippen molar-refractivity contribution < 1.29 is 24.2 Å². The molecule has 0 aromatic rings. The van der Waals surface area contributed by atoms with Crippen molar-refractivity contribution in [2.45, 2.75) is 77.4 Å². The second-order valence-electron chi connectivity index (χ2n) is 12.4. The third-order valence-corrected chi connectivity index (χ3v) is 11.4. The predicted molar refractivity (Wildman–Crippen MR) is 123 cm³/mol. The largest absolute Gasteiger partial charge is 0.461 e. The Morgan fingerprint density at radius 2 is 1.82 bits per heavy atom. The van der Waals surface area contributed by atoms with Crippen molar-refractivity contribution in [1.82, 2.24) is 0 Å². The molecule has 4 aliphatic carbocycles. The van der Waals surface area contributed by atoms with E-state index in [1.165, 1.54) is 12.0 Å². The van der Waals surface area contributed by atoms with Crippen LogP contribution in [-0.4, -0.2) is 41.8 Å². The third-order valence-electron chi connectivity index (χ3n) is 11.4. The molecule has 6 aliphatic rings. The zero-order chi connectivity index (χ0) is 23.2. The molecule has 180 valence electrons. The Hall–Kier alpha value is -1.46. The van der Waals surface area contributed by atoms with Gasteiger partial charge in [-0.1, -0.05) is 24.6 Å². The van der Waals surface area contributed by atoms with Crippen LogP contribution in [0.25, 0.3) is 0 Å². The molecule has 33 heavy (non-hydrogen) atoms. The van der Waals surface area contributed by atoms with E-state index in [1.54, 1.807) is 0 Å². The highest BCUT2D eigenvalue weighted by molar-refractivity contribution is 5.98. The highest BCUT2D eigenvalue weighted by Gasteiger charge is 2.63. The molecule has 2 bridgehead atoms. The summed E-state index contributed by atoms with van der Waals surface area (Å²) in [7, 11) is 0. The summed E-state index contributed by atoms with van der Waals surface area (Å²) < 4.78 is 12.3. The molecule has 2 saturated heterocycles. The van der Waals surface area contributed by atoms with Gasteiger partial charge in [-0.3, -0.25) is 9.59 Å². The maximum Gasteiger partial charge on any atom is 0.314 e. The standard InChI is InChI=1S/C28H38O5/c1-26-12-11-21-17(8-7-16-5-4-6-24(30)28(16,21)3)19(26)9-10-20(26)18-15-32-27(2)13-23(18)33-25(31)22(27)14-29/h4,6-7,17-23,29H,5,8-15H2,1-3H3/t17-,18-,19-,20+,21-,22?,23+,26-,27+,28-/m0/s1. The highest BCUT2D eigenvalue weighted by atomic mass is 16.6. The van der Waals surface area contributed by atoms with Gasteiger partial charge in [0.25, 0.3) is 0 Å². The van der Waals surface area contributed by atoms with Crippen LogP contribution in [0.2, 0.25) is 0 Å². The van der Waals surface area contributed by atoms with Gasteiger partial charge >= 0.3 is 5.97 Å². The number of ether oxygens (including phenoxy) is 2. The monoisotopic (exact) mass is 454 g/mol. The quantitative estimate of drug-likeness (QED) is 0.499. The molecule has 6 rings (SSSR count). The van der Waals surface area contributed by atoms with E-state index >= 15 is 0 Å². The van der Waals surface area contributed by atoms with Crippen LogP contribution >= 0.6 is 0 Å². The van der Waals surface area contributed by atoms with Crippen molar-refractivity contribution in [1.29, 1.82) is 0 Å². The van der Waals surface area contributed by atoms with Gasteiger partial charge < -0.3 is 14.6 Å². The number of ketones is 1. The van der Waals surface area contributed by atoms with Gasteiger partial charge in [-0.25, -0.2) is 0 Å². The maximum atomic E-state index is 13.1. The Morgan fingerprint density at radius 3 is 2.58 bits per heavy atom. The fraction of sp³-hybridized carbons (Fsp3) is 0.786. The summed E-state index contributed by atoms with van der Waals surface area (Å²) in [6, 6.07) is 0. The summed E-state index contributed by atoms with van der Waals surface area (Å²) in [6.07, 6.45) is 13.4. The van der Waals surface area contributed by atoms with Gasteiger partial charge in [-0.2, -0.15) is 0 Å². The number of hydrogen-bond donors (Lipinski definition) is 1. The molecule has 2 heterocycles. The molecule has 0 amide bonds. The van der Waals surface area contributed by atoms with Crippen LogP contribution in [0.1, 0.15) is 65.7 Å². The van der Waals surface area contributed by atoms with Gasteiger partial charge in [0.15, 0.2) is 5.78 Å². The molecule has 4 fully saturated rings. The lowest BCUT2D eigenvalue weighted by atomic mass is 9.47. The van der Waals surface area contributed by atoms with E-state index < -0.39 is 11.5 Å². The fourth-order valence-electron chi connectivity index (χ4n) is 9.41. The number of aliphatic hydroxyl groups is 1. The molecular formula is C28H38O5. The van der Waals surface area contributed by atoms with Gasteiger partial charge in [0.2, 0.25) is 0 Å². The van der Waals surface area contributed by atoms with E-state index in [0.717, 1.165) is 32.1 Å². The lowest BCUT2D eigenvalue weighted by molar-refractivity contribution is -0.240. The third kappa shape index (κ3) is 2.84. The Morgan fingerprint density at radius 1 is 1.06 bits per heavy atom.